The van der Waals surface area contributed by atoms with E-state index in [1.807, 2.05) is 19.1 Å². The van der Waals surface area contributed by atoms with Gasteiger partial charge >= 0.3 is 0 Å². The van der Waals surface area contributed by atoms with Crippen molar-refractivity contribution in [2.75, 3.05) is 0 Å². The number of amides is 2. The molecule has 0 bridgehead atoms. The predicted octanol–water partition coefficient (Wildman–Crippen LogP) is 1.21. The number of imide groups is 1. The van der Waals surface area contributed by atoms with Crippen molar-refractivity contribution in [3.05, 3.63) is 41.2 Å². The maximum absolute atomic E-state index is 11.6. The van der Waals surface area contributed by atoms with Crippen molar-refractivity contribution in [3.63, 3.8) is 0 Å². The van der Waals surface area contributed by atoms with Crippen LogP contribution in [0.25, 0.3) is 0 Å². The van der Waals surface area contributed by atoms with E-state index in [9.17, 15) is 9.59 Å². The molecule has 2 amide bonds. The lowest BCUT2D eigenvalue weighted by molar-refractivity contribution is -0.137. The first-order valence-corrected chi connectivity index (χ1v) is 5.04. The van der Waals surface area contributed by atoms with E-state index in [0.29, 0.717) is 5.57 Å². The van der Waals surface area contributed by atoms with Crippen LogP contribution in [0.2, 0.25) is 0 Å². The second-order valence-electron chi connectivity index (χ2n) is 3.82. The summed E-state index contributed by atoms with van der Waals surface area (Å²) < 4.78 is 0. The molecule has 0 atom stereocenters. The van der Waals surface area contributed by atoms with Gasteiger partial charge in [-0.2, -0.15) is 0 Å². The molecule has 4 heteroatoms. The van der Waals surface area contributed by atoms with Crippen molar-refractivity contribution in [1.29, 1.82) is 0 Å². The maximum Gasteiger partial charge on any atom is 0.256 e. The Morgan fingerprint density at radius 2 is 2.06 bits per heavy atom. The molecule has 0 aliphatic carbocycles. The maximum atomic E-state index is 11.6. The van der Waals surface area contributed by atoms with Crippen LogP contribution < -0.4 is 0 Å². The summed E-state index contributed by atoms with van der Waals surface area (Å²) in [6.45, 7) is 3.80. The monoisotopic (exact) mass is 216 g/mol. The minimum Gasteiger partial charge on any atom is -0.269 e. The van der Waals surface area contributed by atoms with E-state index in [1.165, 1.54) is 11.0 Å². The Morgan fingerprint density at radius 1 is 1.31 bits per heavy atom. The van der Waals surface area contributed by atoms with Gasteiger partial charge in [0, 0.05) is 17.8 Å². The molecule has 0 N–H and O–H groups in total. The van der Waals surface area contributed by atoms with Gasteiger partial charge in [0.25, 0.3) is 11.8 Å². The van der Waals surface area contributed by atoms with E-state index in [4.69, 9.17) is 0 Å². The third kappa shape index (κ3) is 1.74. The normalized spacial score (nSPS) is 15.6. The lowest BCUT2D eigenvalue weighted by Gasteiger charge is -2.14. The van der Waals surface area contributed by atoms with Crippen LogP contribution in [-0.2, 0) is 16.1 Å². The minimum absolute atomic E-state index is 0.227. The highest BCUT2D eigenvalue weighted by atomic mass is 16.2. The summed E-state index contributed by atoms with van der Waals surface area (Å²) in [7, 11) is 0. The van der Waals surface area contributed by atoms with Crippen molar-refractivity contribution in [1.82, 2.24) is 9.88 Å². The van der Waals surface area contributed by atoms with Crippen LogP contribution in [-0.4, -0.2) is 21.7 Å². The molecular weight excluding hydrogens is 204 g/mol. The van der Waals surface area contributed by atoms with Crippen LogP contribution >= 0.6 is 0 Å². The van der Waals surface area contributed by atoms with Gasteiger partial charge in [0.1, 0.15) is 0 Å². The van der Waals surface area contributed by atoms with Crippen LogP contribution in [0.1, 0.15) is 18.2 Å². The molecule has 0 unspecified atom stereocenters. The van der Waals surface area contributed by atoms with E-state index in [0.717, 1.165) is 11.3 Å². The topological polar surface area (TPSA) is 50.3 Å². The Balaban J connectivity index is 2.22. The van der Waals surface area contributed by atoms with Gasteiger partial charge in [-0.25, -0.2) is 0 Å². The molecule has 0 radical (unpaired) electrons. The second kappa shape index (κ2) is 3.89. The van der Waals surface area contributed by atoms with E-state index >= 15 is 0 Å². The molecule has 2 rings (SSSR count). The summed E-state index contributed by atoms with van der Waals surface area (Å²) in [6.07, 6.45) is 3.02. The first kappa shape index (κ1) is 10.5. The second-order valence-corrected chi connectivity index (χ2v) is 3.82. The van der Waals surface area contributed by atoms with Crippen molar-refractivity contribution in [3.8, 4) is 0 Å². The standard InChI is InChI=1S/C12H12N2O2/c1-8-4-3-5-13-10(8)7-14-11(15)6-9(2)12(14)16/h3-6H,7H2,1-2H3. The fourth-order valence-electron chi connectivity index (χ4n) is 1.62. The van der Waals surface area contributed by atoms with Crippen LogP contribution in [0.3, 0.4) is 0 Å². The zero-order valence-electron chi connectivity index (χ0n) is 9.23. The molecular formula is C12H12N2O2. The third-order valence-electron chi connectivity index (χ3n) is 2.61. The molecule has 0 saturated carbocycles. The summed E-state index contributed by atoms with van der Waals surface area (Å²) in [4.78, 5) is 28.5. The molecule has 1 aromatic rings. The smallest absolute Gasteiger partial charge is 0.256 e. The molecule has 0 saturated heterocycles. The van der Waals surface area contributed by atoms with Gasteiger partial charge < -0.3 is 0 Å². The van der Waals surface area contributed by atoms with Crippen LogP contribution in [0.4, 0.5) is 0 Å². The minimum atomic E-state index is -0.257. The Kier molecular flexibility index (Phi) is 2.56. The number of aromatic nitrogens is 1. The molecule has 2 heterocycles. The van der Waals surface area contributed by atoms with Gasteiger partial charge in [0.05, 0.1) is 12.2 Å². The number of aryl methyl sites for hydroxylation is 1. The molecule has 1 aliphatic heterocycles. The number of hydrogen-bond acceptors (Lipinski definition) is 3. The lowest BCUT2D eigenvalue weighted by atomic mass is 10.2. The number of nitrogens with zero attached hydrogens (tertiary/aromatic N) is 2. The fourth-order valence-corrected chi connectivity index (χ4v) is 1.62. The third-order valence-corrected chi connectivity index (χ3v) is 2.61. The summed E-state index contributed by atoms with van der Waals surface area (Å²) in [5.41, 5.74) is 2.22. The van der Waals surface area contributed by atoms with Gasteiger partial charge in [-0.1, -0.05) is 6.07 Å². The SMILES string of the molecule is CC1=CC(=O)N(Cc2ncccc2C)C1=O. The molecule has 0 spiro atoms. The molecule has 82 valence electrons. The van der Waals surface area contributed by atoms with Gasteiger partial charge in [-0.05, 0) is 25.5 Å². The van der Waals surface area contributed by atoms with Crippen LogP contribution in [0.5, 0.6) is 0 Å². The van der Waals surface area contributed by atoms with Crippen molar-refractivity contribution >= 4 is 11.8 Å². The Morgan fingerprint density at radius 3 is 2.62 bits per heavy atom. The number of pyridine rings is 1. The zero-order valence-corrected chi connectivity index (χ0v) is 9.23. The molecule has 4 nitrogen and oxygen atoms in total. The first-order chi connectivity index (χ1) is 7.59. The number of rotatable bonds is 2. The van der Waals surface area contributed by atoms with E-state index < -0.39 is 0 Å². The molecule has 16 heavy (non-hydrogen) atoms. The van der Waals surface area contributed by atoms with Crippen molar-refractivity contribution < 1.29 is 9.59 Å². The van der Waals surface area contributed by atoms with Crippen molar-refractivity contribution in [2.45, 2.75) is 20.4 Å². The van der Waals surface area contributed by atoms with E-state index in [2.05, 4.69) is 4.98 Å². The lowest BCUT2D eigenvalue weighted by Crippen LogP contribution is -2.30. The van der Waals surface area contributed by atoms with Gasteiger partial charge in [0.15, 0.2) is 0 Å². The number of hydrogen-bond donors (Lipinski definition) is 0. The fraction of sp³-hybridized carbons (Fsp3) is 0.250. The van der Waals surface area contributed by atoms with Gasteiger partial charge in [-0.3, -0.25) is 19.5 Å². The molecule has 0 fully saturated rings. The highest BCUT2D eigenvalue weighted by molar-refractivity contribution is 6.15. The quantitative estimate of drug-likeness (QED) is 0.698. The van der Waals surface area contributed by atoms with Gasteiger partial charge in [0.2, 0.25) is 0 Å². The Labute approximate surface area is 93.6 Å². The first-order valence-electron chi connectivity index (χ1n) is 5.04. The summed E-state index contributed by atoms with van der Waals surface area (Å²) in [5.74, 6) is -0.484. The Hall–Kier alpha value is -1.97. The largest absolute Gasteiger partial charge is 0.269 e. The summed E-state index contributed by atoms with van der Waals surface area (Å²) in [5, 5.41) is 0. The average Bonchev–Trinajstić information content (AvgIpc) is 2.48. The Bertz CT molecular complexity index is 492. The van der Waals surface area contributed by atoms with Gasteiger partial charge in [-0.15, -0.1) is 0 Å². The van der Waals surface area contributed by atoms with Crippen LogP contribution in [0.15, 0.2) is 30.0 Å². The highest BCUT2D eigenvalue weighted by Crippen LogP contribution is 2.16. The predicted molar refractivity (Wildman–Crippen MR) is 58.3 cm³/mol. The molecule has 1 aromatic heterocycles. The highest BCUT2D eigenvalue weighted by Gasteiger charge is 2.28. The van der Waals surface area contributed by atoms with Crippen molar-refractivity contribution in [2.24, 2.45) is 0 Å². The summed E-state index contributed by atoms with van der Waals surface area (Å²) >= 11 is 0. The average molecular weight is 216 g/mol. The van der Waals surface area contributed by atoms with E-state index in [1.54, 1.807) is 13.1 Å². The number of carbonyl (C=O) groups excluding carboxylic acids is 2. The number of carbonyl (C=O) groups is 2. The zero-order chi connectivity index (χ0) is 11.7. The van der Waals surface area contributed by atoms with Crippen LogP contribution in [0, 0.1) is 6.92 Å². The molecule has 1 aliphatic rings. The molecule has 0 aromatic carbocycles. The summed E-state index contributed by atoms with van der Waals surface area (Å²) in [6, 6.07) is 3.74. The van der Waals surface area contributed by atoms with E-state index in [-0.39, 0.29) is 18.4 Å².